The number of carbonyl (C=O) groups excluding carboxylic acids is 2. The molecule has 1 aromatic heterocycles. The van der Waals surface area contributed by atoms with Crippen molar-refractivity contribution in [3.05, 3.63) is 17.5 Å². The highest BCUT2D eigenvalue weighted by atomic mass is 16.2. The zero-order valence-corrected chi connectivity index (χ0v) is 15.6. The van der Waals surface area contributed by atoms with E-state index in [9.17, 15) is 9.59 Å². The molecule has 138 valence electrons. The number of rotatable bonds is 7. The first-order valence-corrected chi connectivity index (χ1v) is 9.61. The molecule has 1 atom stereocenters. The first-order chi connectivity index (χ1) is 11.9. The Labute approximate surface area is 149 Å². The van der Waals surface area contributed by atoms with E-state index in [1.807, 2.05) is 6.07 Å². The summed E-state index contributed by atoms with van der Waals surface area (Å²) in [5.41, 5.74) is 1.33. The summed E-state index contributed by atoms with van der Waals surface area (Å²) in [6.45, 7) is 7.55. The summed E-state index contributed by atoms with van der Waals surface area (Å²) in [5, 5.41) is 10.3. The topological polar surface area (TPSA) is 78.1 Å². The van der Waals surface area contributed by atoms with Crippen LogP contribution in [0, 0.1) is 5.41 Å². The molecule has 1 unspecified atom stereocenters. The third kappa shape index (κ3) is 3.88. The Morgan fingerprint density at radius 1 is 1.44 bits per heavy atom. The van der Waals surface area contributed by atoms with E-state index in [-0.39, 0.29) is 23.3 Å². The van der Waals surface area contributed by atoms with Gasteiger partial charge in [0.1, 0.15) is 5.69 Å². The highest BCUT2D eigenvalue weighted by Crippen LogP contribution is 2.50. The maximum Gasteiger partial charge on any atom is 0.274 e. The van der Waals surface area contributed by atoms with E-state index in [0.29, 0.717) is 24.7 Å². The fourth-order valence-corrected chi connectivity index (χ4v) is 3.56. The minimum atomic E-state index is -0.109. The van der Waals surface area contributed by atoms with Crippen LogP contribution in [0.1, 0.15) is 81.4 Å². The summed E-state index contributed by atoms with van der Waals surface area (Å²) in [5.74, 6) is 0.464. The molecule has 6 heteroatoms. The summed E-state index contributed by atoms with van der Waals surface area (Å²) in [6, 6.07) is 1.90. The smallest absolute Gasteiger partial charge is 0.274 e. The Balaban J connectivity index is 1.53. The minimum Gasteiger partial charge on any atom is -0.351 e. The van der Waals surface area contributed by atoms with Gasteiger partial charge in [-0.15, -0.1) is 0 Å². The molecule has 6 nitrogen and oxygen atoms in total. The van der Waals surface area contributed by atoms with E-state index >= 15 is 0 Å². The lowest BCUT2D eigenvalue weighted by Gasteiger charge is -2.19. The average molecular weight is 346 g/mol. The normalized spacial score (nSPS) is 21.6. The zero-order chi connectivity index (χ0) is 18.0. The monoisotopic (exact) mass is 346 g/mol. The lowest BCUT2D eigenvalue weighted by molar-refractivity contribution is -0.127. The zero-order valence-electron chi connectivity index (χ0n) is 15.6. The molecule has 0 radical (unpaired) electrons. The molecule has 2 amide bonds. The van der Waals surface area contributed by atoms with Gasteiger partial charge in [0.05, 0.1) is 0 Å². The molecule has 1 saturated carbocycles. The Morgan fingerprint density at radius 3 is 2.80 bits per heavy atom. The van der Waals surface area contributed by atoms with Gasteiger partial charge in [-0.2, -0.15) is 5.10 Å². The number of hydrogen-bond donors (Lipinski definition) is 2. The molecule has 2 fully saturated rings. The molecule has 3 rings (SSSR count). The van der Waals surface area contributed by atoms with Gasteiger partial charge in [0.15, 0.2) is 0 Å². The van der Waals surface area contributed by atoms with Crippen LogP contribution in [-0.2, 0) is 4.79 Å². The molecule has 1 aliphatic heterocycles. The number of amides is 2. The number of H-pyrrole nitrogens is 1. The second kappa shape index (κ2) is 7.18. The highest BCUT2D eigenvalue weighted by molar-refractivity contribution is 5.92. The van der Waals surface area contributed by atoms with E-state index in [4.69, 9.17) is 0 Å². The molecule has 0 spiro atoms. The van der Waals surface area contributed by atoms with Crippen LogP contribution in [0.5, 0.6) is 0 Å². The van der Waals surface area contributed by atoms with Gasteiger partial charge in [-0.1, -0.05) is 33.6 Å². The lowest BCUT2D eigenvalue weighted by Crippen LogP contribution is -2.42. The standard InChI is InChI=1S/C19H30N4O2/c1-4-5-7-19(8-9-19)18(25)20-14-6-10-23(12-14)17(24)16-11-15(13(2)3)21-22-16/h11,13-14H,4-10,12H2,1-3H3,(H,20,25)(H,21,22). The van der Waals surface area contributed by atoms with Gasteiger partial charge >= 0.3 is 0 Å². The van der Waals surface area contributed by atoms with Crippen LogP contribution in [0.4, 0.5) is 0 Å². The fourth-order valence-electron chi connectivity index (χ4n) is 3.56. The summed E-state index contributed by atoms with van der Waals surface area (Å²) in [7, 11) is 0. The molecule has 1 aromatic rings. The third-order valence-electron chi connectivity index (χ3n) is 5.59. The van der Waals surface area contributed by atoms with Crippen molar-refractivity contribution < 1.29 is 9.59 Å². The quantitative estimate of drug-likeness (QED) is 0.797. The van der Waals surface area contributed by atoms with Gasteiger partial charge in [-0.3, -0.25) is 14.7 Å². The first kappa shape index (κ1) is 18.0. The van der Waals surface area contributed by atoms with Crippen LogP contribution < -0.4 is 5.32 Å². The first-order valence-electron chi connectivity index (χ1n) is 9.61. The number of likely N-dealkylation sites (tertiary alicyclic amines) is 1. The maximum absolute atomic E-state index is 12.6. The summed E-state index contributed by atoms with van der Waals surface area (Å²) in [6.07, 6.45) is 6.08. The van der Waals surface area contributed by atoms with Crippen LogP contribution in [0.25, 0.3) is 0 Å². The number of nitrogens with one attached hydrogen (secondary N) is 2. The average Bonchev–Trinajstić information content (AvgIpc) is 3.00. The van der Waals surface area contributed by atoms with Crippen molar-refractivity contribution >= 4 is 11.8 Å². The van der Waals surface area contributed by atoms with Crippen molar-refractivity contribution in [1.29, 1.82) is 0 Å². The predicted molar refractivity (Wildman–Crippen MR) is 96.3 cm³/mol. The Morgan fingerprint density at radius 2 is 2.20 bits per heavy atom. The summed E-state index contributed by atoms with van der Waals surface area (Å²) in [4.78, 5) is 27.0. The Bertz CT molecular complexity index is 633. The van der Waals surface area contributed by atoms with Gasteiger partial charge < -0.3 is 10.2 Å². The van der Waals surface area contributed by atoms with Crippen molar-refractivity contribution in [3.8, 4) is 0 Å². The highest BCUT2D eigenvalue weighted by Gasteiger charge is 2.49. The Hall–Kier alpha value is -1.85. The number of carbonyl (C=O) groups is 2. The van der Waals surface area contributed by atoms with Crippen molar-refractivity contribution in [2.24, 2.45) is 5.41 Å². The number of aromatic amines is 1. The number of hydrogen-bond acceptors (Lipinski definition) is 3. The number of nitrogens with zero attached hydrogens (tertiary/aromatic N) is 2. The second-order valence-corrected chi connectivity index (χ2v) is 7.96. The van der Waals surface area contributed by atoms with Crippen LogP contribution in [0.15, 0.2) is 6.07 Å². The SMILES string of the molecule is CCCCC1(C(=O)NC2CCN(C(=O)c3cc(C(C)C)[nH]n3)C2)CC1. The fraction of sp³-hybridized carbons (Fsp3) is 0.737. The van der Waals surface area contributed by atoms with Gasteiger partial charge in [0, 0.05) is 30.2 Å². The largest absolute Gasteiger partial charge is 0.351 e. The van der Waals surface area contributed by atoms with Crippen LogP contribution in [0.3, 0.4) is 0 Å². The van der Waals surface area contributed by atoms with Crippen molar-refractivity contribution in [1.82, 2.24) is 20.4 Å². The van der Waals surface area contributed by atoms with Crippen LogP contribution in [0.2, 0.25) is 0 Å². The Kier molecular flexibility index (Phi) is 5.16. The molecule has 2 aliphatic rings. The molecule has 1 aliphatic carbocycles. The van der Waals surface area contributed by atoms with Crippen LogP contribution in [-0.4, -0.2) is 46.0 Å². The molecule has 2 N–H and O–H groups in total. The van der Waals surface area contributed by atoms with Gasteiger partial charge in [-0.05, 0) is 37.7 Å². The van der Waals surface area contributed by atoms with Crippen molar-refractivity contribution in [3.63, 3.8) is 0 Å². The summed E-state index contributed by atoms with van der Waals surface area (Å²) < 4.78 is 0. The molecule has 25 heavy (non-hydrogen) atoms. The second-order valence-electron chi connectivity index (χ2n) is 7.96. The third-order valence-corrected chi connectivity index (χ3v) is 5.59. The molecule has 1 saturated heterocycles. The van der Waals surface area contributed by atoms with Gasteiger partial charge in [0.25, 0.3) is 5.91 Å². The molecular formula is C19H30N4O2. The van der Waals surface area contributed by atoms with Crippen molar-refractivity contribution in [2.75, 3.05) is 13.1 Å². The predicted octanol–water partition coefficient (Wildman–Crippen LogP) is 2.83. The molecule has 0 bridgehead atoms. The molecular weight excluding hydrogens is 316 g/mol. The van der Waals surface area contributed by atoms with E-state index in [1.54, 1.807) is 4.90 Å². The number of aromatic nitrogens is 2. The van der Waals surface area contributed by atoms with Crippen molar-refractivity contribution in [2.45, 2.75) is 71.3 Å². The van der Waals surface area contributed by atoms with Gasteiger partial charge in [-0.25, -0.2) is 0 Å². The number of unbranched alkanes of at least 4 members (excludes halogenated alkanes) is 1. The van der Waals surface area contributed by atoms with E-state index in [1.165, 1.54) is 0 Å². The molecule has 2 heterocycles. The van der Waals surface area contributed by atoms with E-state index in [0.717, 1.165) is 44.2 Å². The minimum absolute atomic E-state index is 0.0491. The van der Waals surface area contributed by atoms with Crippen LogP contribution >= 0.6 is 0 Å². The molecule has 0 aromatic carbocycles. The maximum atomic E-state index is 12.6. The lowest BCUT2D eigenvalue weighted by atomic mass is 9.97. The van der Waals surface area contributed by atoms with E-state index < -0.39 is 0 Å². The van der Waals surface area contributed by atoms with E-state index in [2.05, 4.69) is 36.3 Å². The van der Waals surface area contributed by atoms with Gasteiger partial charge in [0.2, 0.25) is 5.91 Å². The summed E-state index contributed by atoms with van der Waals surface area (Å²) >= 11 is 0.